The zero-order chi connectivity index (χ0) is 19.4. The molecule has 0 aliphatic carbocycles. The summed E-state index contributed by atoms with van der Waals surface area (Å²) in [5.74, 6) is -0.754. The molecular weight excluding hydrogens is 368 g/mol. The summed E-state index contributed by atoms with van der Waals surface area (Å²) in [5.41, 5.74) is 1.77. The number of thiazole rings is 1. The number of para-hydroxylation sites is 2. The average Bonchev–Trinajstić information content (AvgIpc) is 3.05. The molecule has 0 spiro atoms. The molecule has 27 heavy (non-hydrogen) atoms. The van der Waals surface area contributed by atoms with Crippen LogP contribution in [0, 0.1) is 6.92 Å². The molecular formula is C18H18N4O4S. The van der Waals surface area contributed by atoms with E-state index < -0.39 is 0 Å². The SMILES string of the molecule is CCOC(=O)Cc1csc(NC(=O)Cn2c(=O)c(C)nc3ccccc32)n1. The Hall–Kier alpha value is -3.07. The van der Waals surface area contributed by atoms with E-state index in [1.807, 2.05) is 6.07 Å². The number of rotatable bonds is 6. The van der Waals surface area contributed by atoms with Crippen molar-refractivity contribution in [3.63, 3.8) is 0 Å². The average molecular weight is 386 g/mol. The van der Waals surface area contributed by atoms with Crippen LogP contribution in [0.3, 0.4) is 0 Å². The Labute approximate surface area is 158 Å². The van der Waals surface area contributed by atoms with Gasteiger partial charge in [-0.3, -0.25) is 19.0 Å². The molecule has 0 atom stereocenters. The number of anilines is 1. The molecule has 0 bridgehead atoms. The number of hydrogen-bond donors (Lipinski definition) is 1. The van der Waals surface area contributed by atoms with Crippen molar-refractivity contribution in [3.8, 4) is 0 Å². The van der Waals surface area contributed by atoms with E-state index in [2.05, 4.69) is 15.3 Å². The molecule has 0 saturated heterocycles. The van der Waals surface area contributed by atoms with Crippen molar-refractivity contribution in [2.45, 2.75) is 26.8 Å². The molecule has 0 saturated carbocycles. The highest BCUT2D eigenvalue weighted by atomic mass is 32.1. The zero-order valence-electron chi connectivity index (χ0n) is 14.9. The summed E-state index contributed by atoms with van der Waals surface area (Å²) in [6.07, 6.45) is 0.0495. The van der Waals surface area contributed by atoms with E-state index in [0.717, 1.165) is 0 Å². The van der Waals surface area contributed by atoms with Gasteiger partial charge in [-0.2, -0.15) is 0 Å². The lowest BCUT2D eigenvalue weighted by Gasteiger charge is -2.10. The maximum Gasteiger partial charge on any atom is 0.311 e. The standard InChI is InChI=1S/C18H18N4O4S/c1-3-26-16(24)8-12-10-27-18(20-12)21-15(23)9-22-14-7-5-4-6-13(14)19-11(2)17(22)25/h4-7,10H,3,8-9H2,1-2H3,(H,20,21,23). The zero-order valence-corrected chi connectivity index (χ0v) is 15.7. The van der Waals surface area contributed by atoms with Gasteiger partial charge < -0.3 is 10.1 Å². The molecule has 0 aliphatic rings. The number of esters is 1. The van der Waals surface area contributed by atoms with Crippen LogP contribution in [0.5, 0.6) is 0 Å². The fourth-order valence-electron chi connectivity index (χ4n) is 2.59. The third kappa shape index (κ3) is 4.37. The van der Waals surface area contributed by atoms with E-state index >= 15 is 0 Å². The first-order chi connectivity index (χ1) is 13.0. The van der Waals surface area contributed by atoms with Gasteiger partial charge in [-0.1, -0.05) is 12.1 Å². The van der Waals surface area contributed by atoms with Crippen LogP contribution in [-0.4, -0.2) is 33.0 Å². The van der Waals surface area contributed by atoms with Crippen LogP contribution in [0.4, 0.5) is 5.13 Å². The molecule has 0 unspecified atom stereocenters. The van der Waals surface area contributed by atoms with Crippen molar-refractivity contribution < 1.29 is 14.3 Å². The molecule has 1 amide bonds. The maximum absolute atomic E-state index is 12.4. The van der Waals surface area contributed by atoms with E-state index in [0.29, 0.717) is 34.2 Å². The minimum absolute atomic E-state index is 0.0495. The van der Waals surface area contributed by atoms with Crippen molar-refractivity contribution in [1.29, 1.82) is 0 Å². The van der Waals surface area contributed by atoms with E-state index in [1.165, 1.54) is 15.9 Å². The van der Waals surface area contributed by atoms with Crippen molar-refractivity contribution in [3.05, 3.63) is 51.4 Å². The Kier molecular flexibility index (Phi) is 5.60. The molecule has 1 aromatic carbocycles. The monoisotopic (exact) mass is 386 g/mol. The number of benzene rings is 1. The Morgan fingerprint density at radius 1 is 1.26 bits per heavy atom. The number of nitrogens with one attached hydrogen (secondary N) is 1. The number of aryl methyl sites for hydroxylation is 1. The van der Waals surface area contributed by atoms with Gasteiger partial charge in [0.15, 0.2) is 5.13 Å². The predicted octanol–water partition coefficient (Wildman–Crippen LogP) is 1.91. The maximum atomic E-state index is 12.4. The van der Waals surface area contributed by atoms with Crippen molar-refractivity contribution in [1.82, 2.24) is 14.5 Å². The lowest BCUT2D eigenvalue weighted by Crippen LogP contribution is -2.30. The summed E-state index contributed by atoms with van der Waals surface area (Å²) in [6, 6.07) is 7.15. The van der Waals surface area contributed by atoms with Crippen LogP contribution in [0.2, 0.25) is 0 Å². The van der Waals surface area contributed by atoms with Crippen LogP contribution >= 0.6 is 11.3 Å². The largest absolute Gasteiger partial charge is 0.466 e. The molecule has 140 valence electrons. The summed E-state index contributed by atoms with van der Waals surface area (Å²) in [6.45, 7) is 3.50. The second-order valence-corrected chi connectivity index (χ2v) is 6.61. The first-order valence-corrected chi connectivity index (χ1v) is 9.22. The number of fused-ring (bicyclic) bond motifs is 1. The first-order valence-electron chi connectivity index (χ1n) is 8.34. The number of aromatic nitrogens is 3. The second-order valence-electron chi connectivity index (χ2n) is 5.75. The second kappa shape index (κ2) is 8.09. The highest BCUT2D eigenvalue weighted by Gasteiger charge is 2.14. The van der Waals surface area contributed by atoms with Gasteiger partial charge >= 0.3 is 5.97 Å². The molecule has 3 rings (SSSR count). The highest BCUT2D eigenvalue weighted by molar-refractivity contribution is 7.13. The third-order valence-corrected chi connectivity index (χ3v) is 4.55. The van der Waals surface area contributed by atoms with Gasteiger partial charge in [0, 0.05) is 5.38 Å². The van der Waals surface area contributed by atoms with Gasteiger partial charge in [0.2, 0.25) is 5.91 Å². The number of hydrogen-bond acceptors (Lipinski definition) is 7. The van der Waals surface area contributed by atoms with Crippen molar-refractivity contribution in [2.24, 2.45) is 0 Å². The topological polar surface area (TPSA) is 103 Å². The van der Waals surface area contributed by atoms with Gasteiger partial charge in [0.05, 0.1) is 29.8 Å². The van der Waals surface area contributed by atoms with E-state index in [1.54, 1.807) is 37.4 Å². The fraction of sp³-hybridized carbons (Fsp3) is 0.278. The predicted molar refractivity (Wildman–Crippen MR) is 102 cm³/mol. The van der Waals surface area contributed by atoms with Crippen LogP contribution in [0.1, 0.15) is 18.3 Å². The molecule has 2 heterocycles. The lowest BCUT2D eigenvalue weighted by molar-refractivity contribution is -0.142. The van der Waals surface area contributed by atoms with Crippen LogP contribution in [0.25, 0.3) is 11.0 Å². The van der Waals surface area contributed by atoms with Gasteiger partial charge in [-0.25, -0.2) is 9.97 Å². The summed E-state index contributed by atoms with van der Waals surface area (Å²) >= 11 is 1.21. The number of carbonyl (C=O) groups is 2. The normalized spacial score (nSPS) is 10.7. The van der Waals surface area contributed by atoms with Crippen molar-refractivity contribution in [2.75, 3.05) is 11.9 Å². The third-order valence-electron chi connectivity index (χ3n) is 3.75. The van der Waals surface area contributed by atoms with Crippen LogP contribution in [-0.2, 0) is 27.3 Å². The van der Waals surface area contributed by atoms with Crippen molar-refractivity contribution >= 4 is 39.4 Å². The van der Waals surface area contributed by atoms with Crippen LogP contribution in [0.15, 0.2) is 34.4 Å². The van der Waals surface area contributed by atoms with E-state index in [4.69, 9.17) is 4.74 Å². The summed E-state index contributed by atoms with van der Waals surface area (Å²) in [7, 11) is 0. The Bertz CT molecular complexity index is 1060. The van der Waals surface area contributed by atoms with E-state index in [9.17, 15) is 14.4 Å². The molecule has 3 aromatic rings. The highest BCUT2D eigenvalue weighted by Crippen LogP contribution is 2.16. The van der Waals surface area contributed by atoms with E-state index in [-0.39, 0.29) is 30.4 Å². The van der Waals surface area contributed by atoms with Gasteiger partial charge in [-0.15, -0.1) is 11.3 Å². The summed E-state index contributed by atoms with van der Waals surface area (Å²) < 4.78 is 6.26. The minimum Gasteiger partial charge on any atom is -0.466 e. The number of ether oxygens (including phenoxy) is 1. The fourth-order valence-corrected chi connectivity index (χ4v) is 3.31. The Morgan fingerprint density at radius 2 is 2.04 bits per heavy atom. The number of amides is 1. The smallest absolute Gasteiger partial charge is 0.311 e. The lowest BCUT2D eigenvalue weighted by atomic mass is 10.2. The number of nitrogens with zero attached hydrogens (tertiary/aromatic N) is 3. The molecule has 0 aliphatic heterocycles. The molecule has 0 fully saturated rings. The Morgan fingerprint density at radius 3 is 2.81 bits per heavy atom. The first kappa shape index (κ1) is 18.7. The molecule has 2 aromatic heterocycles. The van der Waals surface area contributed by atoms with Crippen LogP contribution < -0.4 is 10.9 Å². The minimum atomic E-state index is -0.384. The van der Waals surface area contributed by atoms with Gasteiger partial charge in [-0.05, 0) is 26.0 Å². The summed E-state index contributed by atoms with van der Waals surface area (Å²) in [5, 5.41) is 4.71. The molecule has 9 heteroatoms. The molecule has 0 radical (unpaired) electrons. The summed E-state index contributed by atoms with van der Waals surface area (Å²) in [4.78, 5) is 44.8. The van der Waals surface area contributed by atoms with Gasteiger partial charge in [0.1, 0.15) is 12.2 Å². The molecule has 1 N–H and O–H groups in total. The number of carbonyl (C=O) groups excluding carboxylic acids is 2. The molecule has 8 nitrogen and oxygen atoms in total. The Balaban J connectivity index is 1.75. The quantitative estimate of drug-likeness (QED) is 0.649. The van der Waals surface area contributed by atoms with Gasteiger partial charge in [0.25, 0.3) is 5.56 Å².